The van der Waals surface area contributed by atoms with Crippen molar-refractivity contribution in [3.63, 3.8) is 0 Å². The van der Waals surface area contributed by atoms with E-state index in [-0.39, 0.29) is 12.5 Å². The van der Waals surface area contributed by atoms with Gasteiger partial charge in [-0.05, 0) is 68.4 Å². The number of allylic oxidation sites excluding steroid dienone is 3. The van der Waals surface area contributed by atoms with Crippen LogP contribution in [0.2, 0.25) is 5.02 Å². The van der Waals surface area contributed by atoms with E-state index in [0.717, 1.165) is 42.2 Å². The van der Waals surface area contributed by atoms with Crippen molar-refractivity contribution >= 4 is 22.7 Å². The van der Waals surface area contributed by atoms with Gasteiger partial charge in [0.25, 0.3) is 0 Å². The minimum absolute atomic E-state index is 0.00685. The smallest absolute Gasteiger partial charge is 0.147 e. The van der Waals surface area contributed by atoms with Crippen LogP contribution in [-0.2, 0) is 5.60 Å². The Bertz CT molecular complexity index is 1200. The molecule has 1 atom stereocenters. The van der Waals surface area contributed by atoms with Crippen molar-refractivity contribution < 1.29 is 14.2 Å². The van der Waals surface area contributed by atoms with Gasteiger partial charge in [-0.15, -0.1) is 0 Å². The summed E-state index contributed by atoms with van der Waals surface area (Å²) in [5.74, 6) is 0.0549. The second-order valence-corrected chi connectivity index (χ2v) is 8.87. The molecule has 1 unspecified atom stereocenters. The van der Waals surface area contributed by atoms with Crippen molar-refractivity contribution in [3.8, 4) is 5.75 Å². The Kier molecular flexibility index (Phi) is 6.10. The van der Waals surface area contributed by atoms with Crippen molar-refractivity contribution in [1.82, 2.24) is 14.6 Å². The molecule has 5 nitrogen and oxygen atoms in total. The van der Waals surface area contributed by atoms with Gasteiger partial charge in [-0.2, -0.15) is 5.10 Å². The minimum atomic E-state index is -1.32. The summed E-state index contributed by atoms with van der Waals surface area (Å²) in [6.45, 7) is 10.5. The van der Waals surface area contributed by atoms with Crippen molar-refractivity contribution in [1.29, 1.82) is 0 Å². The van der Waals surface area contributed by atoms with Crippen LogP contribution in [0.15, 0.2) is 54.5 Å². The molecule has 0 amide bonds. The van der Waals surface area contributed by atoms with E-state index < -0.39 is 11.4 Å². The number of ether oxygens (including phenoxy) is 1. The zero-order valence-electron chi connectivity index (χ0n) is 18.5. The molecule has 4 rings (SSSR count). The Balaban J connectivity index is 1.71. The third-order valence-corrected chi connectivity index (χ3v) is 6.65. The molecule has 1 fully saturated rings. The molecule has 168 valence electrons. The third kappa shape index (κ3) is 4.17. The number of aromatic nitrogens is 3. The Morgan fingerprint density at radius 2 is 2.09 bits per heavy atom. The number of aliphatic hydroxyl groups is 1. The summed E-state index contributed by atoms with van der Waals surface area (Å²) in [6.07, 6.45) is 7.20. The summed E-state index contributed by atoms with van der Waals surface area (Å²) >= 11 is 6.39. The standard InChI is InChI=1S/C25H27ClFN3O2/c1-5-15(2)16(3)17(4)18-10-22(24-21(26)12-29-30(24)13-18)32-14-25(31,19-6-7-19)23-9-8-20(27)11-28-23/h8-13,19,31H,4-7,14H2,1-3H3/b16-15+. The molecular formula is C25H27ClFN3O2. The van der Waals surface area contributed by atoms with Crippen LogP contribution in [0.4, 0.5) is 4.39 Å². The van der Waals surface area contributed by atoms with Gasteiger partial charge in [-0.3, -0.25) is 4.98 Å². The lowest BCUT2D eigenvalue weighted by Crippen LogP contribution is -2.36. The third-order valence-electron chi connectivity index (χ3n) is 6.38. The molecule has 32 heavy (non-hydrogen) atoms. The van der Waals surface area contributed by atoms with Crippen LogP contribution >= 0.6 is 11.6 Å². The van der Waals surface area contributed by atoms with E-state index in [2.05, 4.69) is 30.5 Å². The van der Waals surface area contributed by atoms with Crippen LogP contribution in [0.5, 0.6) is 5.75 Å². The second kappa shape index (κ2) is 8.68. The molecule has 1 aliphatic rings. The number of nitrogens with zero attached hydrogens (tertiary/aromatic N) is 3. The highest BCUT2D eigenvalue weighted by Gasteiger charge is 2.47. The number of hydrogen-bond acceptors (Lipinski definition) is 4. The predicted molar refractivity (Wildman–Crippen MR) is 124 cm³/mol. The second-order valence-electron chi connectivity index (χ2n) is 8.47. The summed E-state index contributed by atoms with van der Waals surface area (Å²) in [5, 5.41) is 16.2. The van der Waals surface area contributed by atoms with Crippen LogP contribution in [0.3, 0.4) is 0 Å². The molecule has 0 aromatic carbocycles. The number of rotatable bonds is 8. The van der Waals surface area contributed by atoms with E-state index in [0.29, 0.717) is 22.0 Å². The average Bonchev–Trinajstić information content (AvgIpc) is 3.59. The maximum absolute atomic E-state index is 13.4. The molecule has 0 spiro atoms. The van der Waals surface area contributed by atoms with Crippen molar-refractivity contribution in [2.75, 3.05) is 6.61 Å². The van der Waals surface area contributed by atoms with Gasteiger partial charge in [-0.1, -0.05) is 30.7 Å². The van der Waals surface area contributed by atoms with Gasteiger partial charge in [0.2, 0.25) is 0 Å². The van der Waals surface area contributed by atoms with Gasteiger partial charge in [0.05, 0.1) is 23.1 Å². The fraction of sp³-hybridized carbons (Fsp3) is 0.360. The highest BCUT2D eigenvalue weighted by atomic mass is 35.5. The molecule has 0 radical (unpaired) electrons. The lowest BCUT2D eigenvalue weighted by Gasteiger charge is -2.28. The zero-order valence-corrected chi connectivity index (χ0v) is 19.3. The van der Waals surface area contributed by atoms with E-state index in [4.69, 9.17) is 16.3 Å². The Labute approximate surface area is 192 Å². The molecule has 0 aliphatic heterocycles. The van der Waals surface area contributed by atoms with Crippen molar-refractivity contribution in [3.05, 3.63) is 76.6 Å². The van der Waals surface area contributed by atoms with Crippen LogP contribution < -0.4 is 4.74 Å². The molecule has 3 aromatic rings. The largest absolute Gasteiger partial charge is 0.488 e. The minimum Gasteiger partial charge on any atom is -0.488 e. The molecule has 1 N–H and O–H groups in total. The summed E-state index contributed by atoms with van der Waals surface area (Å²) in [7, 11) is 0. The van der Waals surface area contributed by atoms with Gasteiger partial charge < -0.3 is 9.84 Å². The van der Waals surface area contributed by atoms with Crippen LogP contribution in [0, 0.1) is 11.7 Å². The molecule has 0 saturated heterocycles. The van der Waals surface area contributed by atoms with Crippen LogP contribution in [-0.4, -0.2) is 26.3 Å². The molecule has 3 heterocycles. The molecule has 1 saturated carbocycles. The van der Waals surface area contributed by atoms with E-state index >= 15 is 0 Å². The Morgan fingerprint density at radius 3 is 2.72 bits per heavy atom. The first-order valence-electron chi connectivity index (χ1n) is 10.7. The highest BCUT2D eigenvalue weighted by molar-refractivity contribution is 6.34. The first-order chi connectivity index (χ1) is 15.2. The summed E-state index contributed by atoms with van der Waals surface area (Å²) < 4.78 is 21.2. The highest BCUT2D eigenvalue weighted by Crippen LogP contribution is 2.46. The summed E-state index contributed by atoms with van der Waals surface area (Å²) in [6, 6.07) is 4.69. The van der Waals surface area contributed by atoms with Crippen LogP contribution in [0.1, 0.15) is 51.3 Å². The number of pyridine rings is 2. The quantitative estimate of drug-likeness (QED) is 0.426. The fourth-order valence-electron chi connectivity index (χ4n) is 3.84. The molecular weight excluding hydrogens is 429 g/mol. The number of fused-ring (bicyclic) bond motifs is 1. The van der Waals surface area contributed by atoms with E-state index in [1.165, 1.54) is 17.7 Å². The summed E-state index contributed by atoms with van der Waals surface area (Å²) in [5.41, 5.74) is 3.78. The molecule has 3 aromatic heterocycles. The lowest BCUT2D eigenvalue weighted by molar-refractivity contribution is -0.0328. The molecule has 7 heteroatoms. The Hall–Kier alpha value is -2.70. The predicted octanol–water partition coefficient (Wildman–Crippen LogP) is 5.96. The van der Waals surface area contributed by atoms with Crippen molar-refractivity contribution in [2.45, 2.75) is 45.6 Å². The summed E-state index contributed by atoms with van der Waals surface area (Å²) in [4.78, 5) is 4.12. The van der Waals surface area contributed by atoms with Crippen molar-refractivity contribution in [2.24, 2.45) is 5.92 Å². The van der Waals surface area contributed by atoms with E-state index in [1.807, 2.05) is 19.2 Å². The Morgan fingerprint density at radius 1 is 1.34 bits per heavy atom. The maximum Gasteiger partial charge on any atom is 0.147 e. The van der Waals surface area contributed by atoms with E-state index in [9.17, 15) is 9.50 Å². The molecule has 0 bridgehead atoms. The first-order valence-corrected chi connectivity index (χ1v) is 11.1. The lowest BCUT2D eigenvalue weighted by atomic mass is 9.94. The average molecular weight is 456 g/mol. The number of hydrogen-bond donors (Lipinski definition) is 1. The van der Waals surface area contributed by atoms with Gasteiger partial charge in [0, 0.05) is 11.8 Å². The van der Waals surface area contributed by atoms with Gasteiger partial charge in [-0.25, -0.2) is 8.91 Å². The number of halogens is 2. The normalized spacial score (nSPS) is 16.6. The maximum atomic E-state index is 13.4. The van der Waals surface area contributed by atoms with E-state index in [1.54, 1.807) is 10.7 Å². The first kappa shape index (κ1) is 22.5. The zero-order chi connectivity index (χ0) is 23.0. The van der Waals surface area contributed by atoms with Gasteiger partial charge >= 0.3 is 0 Å². The van der Waals surface area contributed by atoms with Gasteiger partial charge in [0.1, 0.15) is 29.3 Å². The van der Waals surface area contributed by atoms with Crippen LogP contribution in [0.25, 0.3) is 11.1 Å². The fourth-order valence-corrected chi connectivity index (χ4v) is 4.07. The molecule has 1 aliphatic carbocycles. The monoisotopic (exact) mass is 455 g/mol. The topological polar surface area (TPSA) is 59.7 Å². The SMILES string of the molecule is C=C(/C(C)=C(\C)CC)c1cc(OCC(O)(c2ccc(F)cn2)C2CC2)c2c(Cl)cnn2c1. The van der Waals surface area contributed by atoms with Gasteiger partial charge in [0.15, 0.2) is 0 Å².